The number of ether oxygens (including phenoxy) is 1. The summed E-state index contributed by atoms with van der Waals surface area (Å²) in [5.41, 5.74) is 0.664. The predicted octanol–water partition coefficient (Wildman–Crippen LogP) is 0.593. The first-order valence-corrected chi connectivity index (χ1v) is 7.35. The summed E-state index contributed by atoms with van der Waals surface area (Å²) in [4.78, 5) is 13.5. The summed E-state index contributed by atoms with van der Waals surface area (Å²) in [6.45, 7) is 3.89. The fourth-order valence-corrected chi connectivity index (χ4v) is 1.94. The highest BCUT2D eigenvalue weighted by Gasteiger charge is 2.10. The number of aryl methyl sites for hydroxylation is 1. The van der Waals surface area contributed by atoms with Crippen molar-refractivity contribution in [3.8, 4) is 0 Å². The van der Waals surface area contributed by atoms with Gasteiger partial charge in [-0.05, 0) is 33.2 Å². The number of likely N-dealkylation sites (N-methyl/N-ethyl adjacent to an activating group) is 1. The molecule has 0 bridgehead atoms. The molecule has 0 spiro atoms. The number of rotatable bonds is 8. The Morgan fingerprint density at radius 3 is 2.91 bits per heavy atom. The van der Waals surface area contributed by atoms with E-state index in [0.29, 0.717) is 24.5 Å². The standard InChI is InChI=1S/C14H22N6O2/c1-4-22-14(21)8-7-13-17-16-12-6-5-11(18-20(12)13)15-9-10-19(2)3/h5-6H,4,7-10H2,1-3H3,(H,15,18). The van der Waals surface area contributed by atoms with E-state index in [9.17, 15) is 4.79 Å². The Morgan fingerprint density at radius 1 is 1.36 bits per heavy atom. The Labute approximate surface area is 129 Å². The molecule has 0 aromatic carbocycles. The van der Waals surface area contributed by atoms with Crippen LogP contribution in [0.5, 0.6) is 0 Å². The van der Waals surface area contributed by atoms with Crippen molar-refractivity contribution in [1.29, 1.82) is 0 Å². The third-order valence-corrected chi connectivity index (χ3v) is 3.05. The molecule has 2 aromatic rings. The van der Waals surface area contributed by atoms with Crippen LogP contribution in [0, 0.1) is 0 Å². The topological polar surface area (TPSA) is 84.6 Å². The number of nitrogens with zero attached hydrogens (tertiary/aromatic N) is 5. The van der Waals surface area contributed by atoms with E-state index in [0.717, 1.165) is 18.9 Å². The van der Waals surface area contributed by atoms with Crippen molar-refractivity contribution >= 4 is 17.4 Å². The molecular formula is C14H22N6O2. The van der Waals surface area contributed by atoms with Gasteiger partial charge in [0.15, 0.2) is 11.5 Å². The molecule has 0 aliphatic rings. The summed E-state index contributed by atoms with van der Waals surface area (Å²) in [6.07, 6.45) is 0.725. The Balaban J connectivity index is 2.03. The minimum absolute atomic E-state index is 0.237. The van der Waals surface area contributed by atoms with E-state index in [2.05, 4.69) is 25.5 Å². The molecule has 8 nitrogen and oxygen atoms in total. The molecule has 0 atom stereocenters. The van der Waals surface area contributed by atoms with Crippen LogP contribution in [0.4, 0.5) is 5.82 Å². The van der Waals surface area contributed by atoms with E-state index in [-0.39, 0.29) is 12.4 Å². The van der Waals surface area contributed by atoms with Gasteiger partial charge in [0.2, 0.25) is 0 Å². The lowest BCUT2D eigenvalue weighted by atomic mass is 10.3. The summed E-state index contributed by atoms with van der Waals surface area (Å²) >= 11 is 0. The molecule has 0 unspecified atom stereocenters. The lowest BCUT2D eigenvalue weighted by Crippen LogP contribution is -2.21. The van der Waals surface area contributed by atoms with Gasteiger partial charge in [0.05, 0.1) is 13.0 Å². The van der Waals surface area contributed by atoms with Crippen molar-refractivity contribution in [2.45, 2.75) is 19.8 Å². The molecule has 0 amide bonds. The Kier molecular flexibility index (Phi) is 5.65. The molecule has 0 radical (unpaired) electrons. The molecule has 1 N–H and O–H groups in total. The van der Waals surface area contributed by atoms with Crippen molar-refractivity contribution in [1.82, 2.24) is 24.7 Å². The summed E-state index contributed by atoms with van der Waals surface area (Å²) in [5, 5.41) is 15.9. The first-order valence-electron chi connectivity index (χ1n) is 7.35. The van der Waals surface area contributed by atoms with Crippen LogP contribution >= 0.6 is 0 Å². The van der Waals surface area contributed by atoms with Gasteiger partial charge in [0, 0.05) is 19.5 Å². The number of hydrogen-bond acceptors (Lipinski definition) is 7. The van der Waals surface area contributed by atoms with Gasteiger partial charge in [-0.15, -0.1) is 15.3 Å². The van der Waals surface area contributed by atoms with Gasteiger partial charge < -0.3 is 15.0 Å². The third kappa shape index (κ3) is 4.39. The molecule has 0 aliphatic carbocycles. The quantitative estimate of drug-likeness (QED) is 0.715. The van der Waals surface area contributed by atoms with Crippen molar-refractivity contribution in [2.24, 2.45) is 0 Å². The van der Waals surface area contributed by atoms with E-state index in [1.807, 2.05) is 26.2 Å². The second-order valence-electron chi connectivity index (χ2n) is 5.14. The number of esters is 1. The summed E-state index contributed by atoms with van der Waals surface area (Å²) < 4.78 is 6.58. The molecule has 0 aliphatic heterocycles. The van der Waals surface area contributed by atoms with Gasteiger partial charge in [-0.25, -0.2) is 0 Å². The molecule has 8 heteroatoms. The van der Waals surface area contributed by atoms with Crippen LogP contribution in [0.15, 0.2) is 12.1 Å². The van der Waals surface area contributed by atoms with Crippen LogP contribution in [0.2, 0.25) is 0 Å². The van der Waals surface area contributed by atoms with Crippen LogP contribution in [0.25, 0.3) is 5.65 Å². The highest BCUT2D eigenvalue weighted by molar-refractivity contribution is 5.69. The zero-order valence-corrected chi connectivity index (χ0v) is 13.2. The molecule has 0 saturated heterocycles. The highest BCUT2D eigenvalue weighted by atomic mass is 16.5. The van der Waals surface area contributed by atoms with Gasteiger partial charge in [0.1, 0.15) is 5.82 Å². The van der Waals surface area contributed by atoms with E-state index in [1.165, 1.54) is 0 Å². The summed E-state index contributed by atoms with van der Waals surface area (Å²) in [7, 11) is 4.04. The van der Waals surface area contributed by atoms with Crippen LogP contribution < -0.4 is 5.32 Å². The number of hydrogen-bond donors (Lipinski definition) is 1. The van der Waals surface area contributed by atoms with Gasteiger partial charge in [-0.1, -0.05) is 0 Å². The Bertz CT molecular complexity index is 625. The number of aromatic nitrogens is 4. The third-order valence-electron chi connectivity index (χ3n) is 3.05. The van der Waals surface area contributed by atoms with Gasteiger partial charge in [-0.3, -0.25) is 4.79 Å². The molecule has 2 rings (SSSR count). The second kappa shape index (κ2) is 7.69. The van der Waals surface area contributed by atoms with Crippen LogP contribution in [0.1, 0.15) is 19.2 Å². The van der Waals surface area contributed by atoms with Crippen LogP contribution in [0.3, 0.4) is 0 Å². The van der Waals surface area contributed by atoms with Crippen molar-refractivity contribution in [3.05, 3.63) is 18.0 Å². The maximum Gasteiger partial charge on any atom is 0.306 e. The Morgan fingerprint density at radius 2 is 2.18 bits per heavy atom. The number of nitrogens with one attached hydrogen (secondary N) is 1. The number of carbonyl (C=O) groups is 1. The first-order chi connectivity index (χ1) is 10.6. The van der Waals surface area contributed by atoms with Gasteiger partial charge >= 0.3 is 5.97 Å². The fourth-order valence-electron chi connectivity index (χ4n) is 1.94. The fraction of sp³-hybridized carbons (Fsp3) is 0.571. The normalized spacial score (nSPS) is 11.1. The maximum absolute atomic E-state index is 11.4. The molecule has 0 saturated carbocycles. The van der Waals surface area contributed by atoms with Crippen molar-refractivity contribution in [3.63, 3.8) is 0 Å². The minimum Gasteiger partial charge on any atom is -0.466 e. The molecule has 22 heavy (non-hydrogen) atoms. The summed E-state index contributed by atoms with van der Waals surface area (Å²) in [6, 6.07) is 3.72. The summed E-state index contributed by atoms with van der Waals surface area (Å²) in [5.74, 6) is 1.17. The van der Waals surface area contributed by atoms with Crippen molar-refractivity contribution < 1.29 is 9.53 Å². The van der Waals surface area contributed by atoms with E-state index in [1.54, 1.807) is 11.4 Å². The second-order valence-corrected chi connectivity index (χ2v) is 5.14. The van der Waals surface area contributed by atoms with Gasteiger partial charge in [-0.2, -0.15) is 4.52 Å². The largest absolute Gasteiger partial charge is 0.466 e. The SMILES string of the molecule is CCOC(=O)CCc1nnc2ccc(NCCN(C)C)nn12. The minimum atomic E-state index is -0.237. The molecule has 0 fully saturated rings. The van der Waals surface area contributed by atoms with E-state index in [4.69, 9.17) is 4.74 Å². The van der Waals surface area contributed by atoms with E-state index < -0.39 is 0 Å². The highest BCUT2D eigenvalue weighted by Crippen LogP contribution is 2.08. The predicted molar refractivity (Wildman–Crippen MR) is 82.8 cm³/mol. The average Bonchev–Trinajstić information content (AvgIpc) is 2.87. The zero-order chi connectivity index (χ0) is 15.9. The van der Waals surface area contributed by atoms with E-state index >= 15 is 0 Å². The molecular weight excluding hydrogens is 284 g/mol. The van der Waals surface area contributed by atoms with Crippen LogP contribution in [-0.2, 0) is 16.0 Å². The molecule has 2 aromatic heterocycles. The maximum atomic E-state index is 11.4. The molecule has 2 heterocycles. The zero-order valence-electron chi connectivity index (χ0n) is 13.2. The van der Waals surface area contributed by atoms with Crippen molar-refractivity contribution in [2.75, 3.05) is 39.1 Å². The smallest absolute Gasteiger partial charge is 0.306 e. The van der Waals surface area contributed by atoms with Gasteiger partial charge in [0.25, 0.3) is 0 Å². The number of anilines is 1. The Hall–Kier alpha value is -2.22. The monoisotopic (exact) mass is 306 g/mol. The first kappa shape index (κ1) is 16.2. The average molecular weight is 306 g/mol. The number of carbonyl (C=O) groups excluding carboxylic acids is 1. The number of fused-ring (bicyclic) bond motifs is 1. The van der Waals surface area contributed by atoms with Crippen LogP contribution in [-0.4, -0.2) is 64.5 Å². The lowest BCUT2D eigenvalue weighted by molar-refractivity contribution is -0.143. The molecule has 120 valence electrons. The lowest BCUT2D eigenvalue weighted by Gasteiger charge is -2.10.